The maximum atomic E-state index is 4.41. The van der Waals surface area contributed by atoms with Gasteiger partial charge in [-0.2, -0.15) is 0 Å². The monoisotopic (exact) mass is 238 g/mol. The van der Waals surface area contributed by atoms with Gasteiger partial charge in [-0.05, 0) is 33.5 Å². The number of nitrogens with zero attached hydrogens (tertiary/aromatic N) is 2. The average Bonchev–Trinajstić information content (AvgIpc) is 2.43. The lowest BCUT2D eigenvalue weighted by Crippen LogP contribution is -1.93. The van der Waals surface area contributed by atoms with Gasteiger partial charge in [-0.1, -0.05) is 19.9 Å². The Morgan fingerprint density at radius 3 is 2.92 bits per heavy atom. The highest BCUT2D eigenvalue weighted by molar-refractivity contribution is 9.10. The molecule has 0 aliphatic heterocycles. The van der Waals surface area contributed by atoms with Gasteiger partial charge in [0.2, 0.25) is 0 Å². The first kappa shape index (κ1) is 8.75. The van der Waals surface area contributed by atoms with Crippen molar-refractivity contribution in [1.29, 1.82) is 0 Å². The van der Waals surface area contributed by atoms with Gasteiger partial charge < -0.3 is 4.40 Å². The van der Waals surface area contributed by atoms with E-state index < -0.39 is 0 Å². The molecule has 0 radical (unpaired) electrons. The van der Waals surface area contributed by atoms with E-state index in [4.69, 9.17) is 0 Å². The van der Waals surface area contributed by atoms with Crippen LogP contribution in [0.3, 0.4) is 0 Å². The highest BCUT2D eigenvalue weighted by atomic mass is 79.9. The van der Waals surface area contributed by atoms with E-state index in [1.54, 1.807) is 0 Å². The minimum atomic E-state index is 0.512. The number of hydrogen-bond acceptors (Lipinski definition) is 1. The van der Waals surface area contributed by atoms with Crippen molar-refractivity contribution in [2.75, 3.05) is 0 Å². The number of pyridine rings is 1. The predicted molar refractivity (Wildman–Crippen MR) is 57.0 cm³/mol. The Hall–Kier alpha value is -0.830. The first-order valence-corrected chi connectivity index (χ1v) is 5.11. The summed E-state index contributed by atoms with van der Waals surface area (Å²) in [6.07, 6.45) is 3.99. The van der Waals surface area contributed by atoms with E-state index in [2.05, 4.69) is 46.9 Å². The molecule has 0 N–H and O–H groups in total. The molecule has 2 aromatic heterocycles. The van der Waals surface area contributed by atoms with Crippen LogP contribution < -0.4 is 0 Å². The SMILES string of the molecule is CC(C)c1cccn2cc(Br)nc12. The Balaban J connectivity index is 2.75. The largest absolute Gasteiger partial charge is 0.306 e. The van der Waals surface area contributed by atoms with Crippen LogP contribution in [0.2, 0.25) is 0 Å². The quantitative estimate of drug-likeness (QED) is 0.746. The van der Waals surface area contributed by atoms with E-state index >= 15 is 0 Å². The van der Waals surface area contributed by atoms with E-state index in [0.717, 1.165) is 10.3 Å². The molecular formula is C10H11BrN2. The third-order valence-corrected chi connectivity index (χ3v) is 2.49. The molecule has 2 aromatic rings. The molecule has 3 heteroatoms. The number of hydrogen-bond donors (Lipinski definition) is 0. The summed E-state index contributed by atoms with van der Waals surface area (Å²) < 4.78 is 2.93. The molecular weight excluding hydrogens is 228 g/mol. The average molecular weight is 239 g/mol. The van der Waals surface area contributed by atoms with E-state index in [-0.39, 0.29) is 0 Å². The van der Waals surface area contributed by atoms with Crippen LogP contribution in [0.4, 0.5) is 0 Å². The molecule has 0 aliphatic carbocycles. The molecule has 2 heterocycles. The number of fused-ring (bicyclic) bond motifs is 1. The van der Waals surface area contributed by atoms with Crippen LogP contribution in [0.5, 0.6) is 0 Å². The summed E-state index contributed by atoms with van der Waals surface area (Å²) in [5.74, 6) is 0.512. The molecule has 0 atom stereocenters. The molecule has 0 amide bonds. The predicted octanol–water partition coefficient (Wildman–Crippen LogP) is 3.22. The number of halogens is 1. The Morgan fingerprint density at radius 1 is 1.46 bits per heavy atom. The second kappa shape index (κ2) is 3.14. The van der Waals surface area contributed by atoms with Crippen molar-refractivity contribution in [3.8, 4) is 0 Å². The van der Waals surface area contributed by atoms with E-state index in [9.17, 15) is 0 Å². The number of rotatable bonds is 1. The normalized spacial score (nSPS) is 11.4. The lowest BCUT2D eigenvalue weighted by Gasteiger charge is -2.05. The zero-order chi connectivity index (χ0) is 9.42. The van der Waals surface area contributed by atoms with Crippen LogP contribution >= 0.6 is 15.9 Å². The molecule has 0 bridgehead atoms. The highest BCUT2D eigenvalue weighted by Crippen LogP contribution is 2.21. The second-order valence-corrected chi connectivity index (χ2v) is 4.23. The van der Waals surface area contributed by atoms with Gasteiger partial charge in [0.15, 0.2) is 0 Å². The van der Waals surface area contributed by atoms with Crippen LogP contribution in [0.15, 0.2) is 29.1 Å². The zero-order valence-electron chi connectivity index (χ0n) is 7.66. The summed E-state index contributed by atoms with van der Waals surface area (Å²) in [5, 5.41) is 0. The molecule has 68 valence electrons. The summed E-state index contributed by atoms with van der Waals surface area (Å²) in [6, 6.07) is 4.18. The molecule has 2 nitrogen and oxygen atoms in total. The molecule has 0 aliphatic rings. The van der Waals surface area contributed by atoms with E-state index in [1.165, 1.54) is 5.56 Å². The van der Waals surface area contributed by atoms with Crippen LogP contribution in [-0.4, -0.2) is 9.38 Å². The van der Waals surface area contributed by atoms with Crippen molar-refractivity contribution in [3.63, 3.8) is 0 Å². The fraction of sp³-hybridized carbons (Fsp3) is 0.300. The van der Waals surface area contributed by atoms with Gasteiger partial charge in [0.05, 0.1) is 0 Å². The lowest BCUT2D eigenvalue weighted by molar-refractivity contribution is 0.863. The third kappa shape index (κ3) is 1.48. The molecule has 2 rings (SSSR count). The van der Waals surface area contributed by atoms with Gasteiger partial charge in [0.1, 0.15) is 10.3 Å². The summed E-state index contributed by atoms with van der Waals surface area (Å²) in [5.41, 5.74) is 2.33. The van der Waals surface area contributed by atoms with Crippen molar-refractivity contribution in [2.24, 2.45) is 0 Å². The molecule has 0 saturated heterocycles. The fourth-order valence-electron chi connectivity index (χ4n) is 1.46. The zero-order valence-corrected chi connectivity index (χ0v) is 9.25. The van der Waals surface area contributed by atoms with Gasteiger partial charge in [0.25, 0.3) is 0 Å². The number of aromatic nitrogens is 2. The Morgan fingerprint density at radius 2 is 2.23 bits per heavy atom. The fourth-order valence-corrected chi connectivity index (χ4v) is 1.84. The number of imidazole rings is 1. The topological polar surface area (TPSA) is 17.3 Å². The molecule has 0 aromatic carbocycles. The summed E-state index contributed by atoms with van der Waals surface area (Å²) >= 11 is 3.38. The van der Waals surface area contributed by atoms with Gasteiger partial charge in [0, 0.05) is 12.4 Å². The van der Waals surface area contributed by atoms with Gasteiger partial charge in [-0.15, -0.1) is 0 Å². The van der Waals surface area contributed by atoms with Crippen LogP contribution in [0.25, 0.3) is 5.65 Å². The van der Waals surface area contributed by atoms with E-state index in [0.29, 0.717) is 5.92 Å². The summed E-state index contributed by atoms with van der Waals surface area (Å²) in [6.45, 7) is 4.36. The second-order valence-electron chi connectivity index (χ2n) is 3.41. The van der Waals surface area contributed by atoms with Crippen molar-refractivity contribution in [2.45, 2.75) is 19.8 Å². The molecule has 0 spiro atoms. The molecule has 0 saturated carbocycles. The van der Waals surface area contributed by atoms with Crippen LogP contribution in [0, 0.1) is 0 Å². The summed E-state index contributed by atoms with van der Waals surface area (Å²) in [7, 11) is 0. The standard InChI is InChI=1S/C10H11BrN2/c1-7(2)8-4-3-5-13-6-9(11)12-10(8)13/h3-7H,1-2H3. The van der Waals surface area contributed by atoms with Crippen LogP contribution in [-0.2, 0) is 0 Å². The third-order valence-electron chi connectivity index (χ3n) is 2.11. The van der Waals surface area contributed by atoms with Crippen molar-refractivity contribution >= 4 is 21.6 Å². The Labute approximate surface area is 85.7 Å². The first-order valence-electron chi connectivity index (χ1n) is 4.31. The lowest BCUT2D eigenvalue weighted by atomic mass is 10.1. The molecule has 0 fully saturated rings. The maximum absolute atomic E-state index is 4.41. The Kier molecular flexibility index (Phi) is 2.12. The summed E-state index contributed by atoms with van der Waals surface area (Å²) in [4.78, 5) is 4.41. The highest BCUT2D eigenvalue weighted by Gasteiger charge is 2.07. The smallest absolute Gasteiger partial charge is 0.141 e. The van der Waals surface area contributed by atoms with Gasteiger partial charge in [-0.25, -0.2) is 4.98 Å². The van der Waals surface area contributed by atoms with Gasteiger partial charge in [-0.3, -0.25) is 0 Å². The minimum absolute atomic E-state index is 0.512. The van der Waals surface area contributed by atoms with Crippen molar-refractivity contribution in [1.82, 2.24) is 9.38 Å². The van der Waals surface area contributed by atoms with Crippen molar-refractivity contribution < 1.29 is 0 Å². The maximum Gasteiger partial charge on any atom is 0.141 e. The van der Waals surface area contributed by atoms with E-state index in [1.807, 2.05) is 16.8 Å². The first-order chi connectivity index (χ1) is 6.18. The van der Waals surface area contributed by atoms with Crippen LogP contribution in [0.1, 0.15) is 25.3 Å². The van der Waals surface area contributed by atoms with Gasteiger partial charge >= 0.3 is 0 Å². The van der Waals surface area contributed by atoms with Crippen molar-refractivity contribution in [3.05, 3.63) is 34.7 Å². The Bertz CT molecular complexity index is 431. The molecule has 13 heavy (non-hydrogen) atoms. The minimum Gasteiger partial charge on any atom is -0.306 e. The molecule has 0 unspecified atom stereocenters.